The SMILES string of the molecule is Cc1ccc(N2C(=O)CC(C(=O)NCCc3nnc4ccccn34)C2c2cccs2)cc1. The Balaban J connectivity index is 1.33. The number of amides is 2. The molecule has 2 atom stereocenters. The maximum atomic E-state index is 13.2. The number of carbonyl (C=O) groups is 2. The van der Waals surface area contributed by atoms with E-state index in [0.717, 1.165) is 27.6 Å². The van der Waals surface area contributed by atoms with E-state index in [4.69, 9.17) is 0 Å². The van der Waals surface area contributed by atoms with E-state index in [1.807, 2.05) is 77.5 Å². The van der Waals surface area contributed by atoms with Gasteiger partial charge in [0.05, 0.1) is 12.0 Å². The topological polar surface area (TPSA) is 79.6 Å². The van der Waals surface area contributed by atoms with Gasteiger partial charge in [-0.25, -0.2) is 0 Å². The third-order valence-electron chi connectivity index (χ3n) is 5.84. The fourth-order valence-electron chi connectivity index (χ4n) is 4.25. The smallest absolute Gasteiger partial charge is 0.228 e. The van der Waals surface area contributed by atoms with E-state index in [2.05, 4.69) is 15.5 Å². The average molecular weight is 446 g/mol. The van der Waals surface area contributed by atoms with Crippen molar-refractivity contribution in [3.8, 4) is 0 Å². The molecule has 0 spiro atoms. The molecule has 0 radical (unpaired) electrons. The highest BCUT2D eigenvalue weighted by Gasteiger charge is 2.45. The molecule has 1 saturated heterocycles. The number of hydrogen-bond donors (Lipinski definition) is 1. The number of carbonyl (C=O) groups excluding carboxylic acids is 2. The normalized spacial score (nSPS) is 18.4. The molecule has 4 heterocycles. The van der Waals surface area contributed by atoms with Crippen LogP contribution in [0, 0.1) is 12.8 Å². The Hall–Kier alpha value is -3.52. The maximum absolute atomic E-state index is 13.2. The third kappa shape index (κ3) is 3.78. The first-order valence-electron chi connectivity index (χ1n) is 10.6. The number of nitrogens with zero attached hydrogens (tertiary/aromatic N) is 4. The predicted molar refractivity (Wildman–Crippen MR) is 124 cm³/mol. The largest absolute Gasteiger partial charge is 0.355 e. The summed E-state index contributed by atoms with van der Waals surface area (Å²) in [4.78, 5) is 29.0. The molecular weight excluding hydrogens is 422 g/mol. The van der Waals surface area contributed by atoms with Crippen molar-refractivity contribution in [2.75, 3.05) is 11.4 Å². The van der Waals surface area contributed by atoms with E-state index >= 15 is 0 Å². The van der Waals surface area contributed by atoms with Crippen molar-refractivity contribution >= 4 is 34.5 Å². The second kappa shape index (κ2) is 8.55. The molecule has 0 bridgehead atoms. The molecule has 162 valence electrons. The molecule has 8 heteroatoms. The molecule has 7 nitrogen and oxygen atoms in total. The molecule has 0 saturated carbocycles. The predicted octanol–water partition coefficient (Wildman–Crippen LogP) is 3.55. The highest BCUT2D eigenvalue weighted by Crippen LogP contribution is 2.43. The minimum Gasteiger partial charge on any atom is -0.355 e. The van der Waals surface area contributed by atoms with Crippen molar-refractivity contribution in [2.24, 2.45) is 5.92 Å². The quantitative estimate of drug-likeness (QED) is 0.492. The molecule has 3 aromatic heterocycles. The van der Waals surface area contributed by atoms with Crippen LogP contribution < -0.4 is 10.2 Å². The van der Waals surface area contributed by atoms with Gasteiger partial charge in [0.25, 0.3) is 0 Å². The standard InChI is InChI=1S/C24H23N5O2S/c1-16-7-9-17(10-8-16)29-22(30)15-18(23(29)19-5-4-14-32-19)24(31)25-12-11-21-27-26-20-6-2-3-13-28(20)21/h2-10,13-14,18,23H,11-12,15H2,1H3,(H,25,31). The minimum atomic E-state index is -0.447. The van der Waals surface area contributed by atoms with Gasteiger partial charge < -0.3 is 10.2 Å². The number of benzene rings is 1. The fourth-order valence-corrected chi connectivity index (χ4v) is 5.13. The van der Waals surface area contributed by atoms with E-state index in [1.165, 1.54) is 0 Å². The summed E-state index contributed by atoms with van der Waals surface area (Å²) in [6.07, 6.45) is 2.66. The van der Waals surface area contributed by atoms with Crippen molar-refractivity contribution in [1.82, 2.24) is 19.9 Å². The molecule has 2 unspecified atom stereocenters. The van der Waals surface area contributed by atoms with Crippen LogP contribution in [0.1, 0.15) is 28.7 Å². The van der Waals surface area contributed by atoms with E-state index in [1.54, 1.807) is 16.2 Å². The Morgan fingerprint density at radius 1 is 1.12 bits per heavy atom. The van der Waals surface area contributed by atoms with E-state index < -0.39 is 5.92 Å². The third-order valence-corrected chi connectivity index (χ3v) is 6.78. The summed E-state index contributed by atoms with van der Waals surface area (Å²) in [5.74, 6) is 0.202. The molecule has 1 aliphatic heterocycles. The van der Waals surface area contributed by atoms with E-state index in [9.17, 15) is 9.59 Å². The lowest BCUT2D eigenvalue weighted by molar-refractivity contribution is -0.126. The van der Waals surface area contributed by atoms with Gasteiger partial charge in [0, 0.05) is 36.1 Å². The molecule has 1 N–H and O–H groups in total. The lowest BCUT2D eigenvalue weighted by Gasteiger charge is -2.27. The summed E-state index contributed by atoms with van der Waals surface area (Å²) in [5.41, 5.74) is 2.73. The van der Waals surface area contributed by atoms with Crippen LogP contribution in [0.3, 0.4) is 0 Å². The number of anilines is 1. The first-order valence-corrected chi connectivity index (χ1v) is 11.5. The van der Waals surface area contributed by atoms with Crippen LogP contribution in [0.5, 0.6) is 0 Å². The number of pyridine rings is 1. The van der Waals surface area contributed by atoms with Gasteiger partial charge in [-0.05, 0) is 42.6 Å². The summed E-state index contributed by atoms with van der Waals surface area (Å²) in [6.45, 7) is 2.45. The maximum Gasteiger partial charge on any atom is 0.228 e. The monoisotopic (exact) mass is 445 g/mol. The zero-order valence-electron chi connectivity index (χ0n) is 17.6. The second-order valence-corrected chi connectivity index (χ2v) is 8.94. The first-order chi connectivity index (χ1) is 15.6. The molecule has 4 aromatic rings. The number of aryl methyl sites for hydroxylation is 1. The Morgan fingerprint density at radius 2 is 1.97 bits per heavy atom. The molecule has 5 rings (SSSR count). The van der Waals surface area contributed by atoms with Gasteiger partial charge in [0.1, 0.15) is 5.82 Å². The van der Waals surface area contributed by atoms with Crippen molar-refractivity contribution < 1.29 is 9.59 Å². The fraction of sp³-hybridized carbons (Fsp3) is 0.250. The van der Waals surface area contributed by atoms with Crippen molar-refractivity contribution in [3.63, 3.8) is 0 Å². The Bertz CT molecular complexity index is 1250. The average Bonchev–Trinajstić information content (AvgIpc) is 3.53. The van der Waals surface area contributed by atoms with Crippen molar-refractivity contribution in [3.05, 3.63) is 82.4 Å². The van der Waals surface area contributed by atoms with Crippen LogP contribution >= 0.6 is 11.3 Å². The summed E-state index contributed by atoms with van der Waals surface area (Å²) in [6, 6.07) is 17.3. The van der Waals surface area contributed by atoms with Crippen LogP contribution in [0.4, 0.5) is 5.69 Å². The van der Waals surface area contributed by atoms with Crippen LogP contribution in [0.15, 0.2) is 66.2 Å². The van der Waals surface area contributed by atoms with Gasteiger partial charge in [-0.15, -0.1) is 21.5 Å². The highest BCUT2D eigenvalue weighted by atomic mass is 32.1. The van der Waals surface area contributed by atoms with E-state index in [-0.39, 0.29) is 24.3 Å². The summed E-state index contributed by atoms with van der Waals surface area (Å²) >= 11 is 1.57. The van der Waals surface area contributed by atoms with Crippen molar-refractivity contribution in [1.29, 1.82) is 0 Å². The van der Waals surface area contributed by atoms with Gasteiger partial charge in [-0.1, -0.05) is 29.8 Å². The van der Waals surface area contributed by atoms with Gasteiger partial charge >= 0.3 is 0 Å². The zero-order chi connectivity index (χ0) is 22.1. The van der Waals surface area contributed by atoms with Crippen molar-refractivity contribution in [2.45, 2.75) is 25.8 Å². The summed E-state index contributed by atoms with van der Waals surface area (Å²) in [5, 5.41) is 13.4. The lowest BCUT2D eigenvalue weighted by Crippen LogP contribution is -2.36. The first kappa shape index (κ1) is 20.4. The minimum absolute atomic E-state index is 0.0316. The number of thiophene rings is 1. The van der Waals surface area contributed by atoms with E-state index in [0.29, 0.717) is 13.0 Å². The second-order valence-electron chi connectivity index (χ2n) is 7.96. The molecule has 32 heavy (non-hydrogen) atoms. The molecule has 0 aliphatic carbocycles. The molecule has 2 amide bonds. The Kier molecular flexibility index (Phi) is 5.45. The van der Waals surface area contributed by atoms with Crippen LogP contribution in [-0.4, -0.2) is 33.0 Å². The summed E-state index contributed by atoms with van der Waals surface area (Å²) in [7, 11) is 0. The Morgan fingerprint density at radius 3 is 2.75 bits per heavy atom. The lowest BCUT2D eigenvalue weighted by atomic mass is 9.97. The molecule has 1 aliphatic rings. The van der Waals surface area contributed by atoms with Crippen LogP contribution in [-0.2, 0) is 16.0 Å². The number of fused-ring (bicyclic) bond motifs is 1. The van der Waals surface area contributed by atoms with Crippen LogP contribution in [0.25, 0.3) is 5.65 Å². The zero-order valence-corrected chi connectivity index (χ0v) is 18.5. The van der Waals surface area contributed by atoms with Gasteiger partial charge in [-0.3, -0.25) is 14.0 Å². The van der Waals surface area contributed by atoms with Gasteiger partial charge in [0.15, 0.2) is 5.65 Å². The molecule has 1 fully saturated rings. The number of aromatic nitrogens is 3. The number of rotatable bonds is 6. The number of nitrogens with one attached hydrogen (secondary N) is 1. The molecular formula is C24H23N5O2S. The van der Waals surface area contributed by atoms with Gasteiger partial charge in [-0.2, -0.15) is 0 Å². The summed E-state index contributed by atoms with van der Waals surface area (Å²) < 4.78 is 1.92. The highest BCUT2D eigenvalue weighted by molar-refractivity contribution is 7.10. The van der Waals surface area contributed by atoms with Crippen LogP contribution in [0.2, 0.25) is 0 Å². The Labute approximate surface area is 189 Å². The number of hydrogen-bond acceptors (Lipinski definition) is 5. The molecule has 1 aromatic carbocycles. The van der Waals surface area contributed by atoms with Gasteiger partial charge in [0.2, 0.25) is 11.8 Å².